The molecule has 0 fully saturated rings. The van der Waals surface area contributed by atoms with Gasteiger partial charge in [0.05, 0.1) is 6.17 Å². The van der Waals surface area contributed by atoms with E-state index in [1.807, 2.05) is 6.92 Å². The van der Waals surface area contributed by atoms with E-state index in [-0.39, 0.29) is 35.7 Å². The van der Waals surface area contributed by atoms with Crippen LogP contribution in [-0.2, 0) is 0 Å². The Balaban J connectivity index is 0. The van der Waals surface area contributed by atoms with E-state index in [1.165, 1.54) is 0 Å². The third kappa shape index (κ3) is 8.87. The minimum Gasteiger partial charge on any atom is -0.316 e. The number of rotatable bonds is 1. The van der Waals surface area contributed by atoms with Crippen molar-refractivity contribution in [2.24, 2.45) is 11.5 Å². The van der Waals surface area contributed by atoms with Crippen LogP contribution in [0.1, 0.15) is 13.3 Å². The second-order valence-electron chi connectivity index (χ2n) is 1.07. The Bertz CT molecular complexity index is 22.8. The first kappa shape index (κ1) is 10.0. The van der Waals surface area contributed by atoms with Crippen LogP contribution < -0.4 is 11.5 Å². The Hall–Kier alpha value is 0.920. The van der Waals surface area contributed by atoms with Gasteiger partial charge in [-0.05, 0) is 6.42 Å². The normalized spacial score (nSPS) is 8.00. The minimum atomic E-state index is -0.116. The van der Waals surface area contributed by atoms with Gasteiger partial charge in [-0.15, -0.1) is 0 Å². The predicted molar refractivity (Wildman–Crippen MR) is 28.2 cm³/mol. The summed E-state index contributed by atoms with van der Waals surface area (Å²) in [6.45, 7) is 1.95. The quantitative estimate of drug-likeness (QED) is 0.334. The summed E-state index contributed by atoms with van der Waals surface area (Å²) in [5, 5.41) is 0. The first-order valence-corrected chi connectivity index (χ1v) is 1.78. The Morgan fingerprint density at radius 1 is 1.50 bits per heavy atom. The molecule has 3 heteroatoms. The van der Waals surface area contributed by atoms with Gasteiger partial charge in [0.2, 0.25) is 0 Å². The monoisotopic (exact) mass is 97.1 g/mol. The smallest absolute Gasteiger partial charge is 0.0518 e. The summed E-state index contributed by atoms with van der Waals surface area (Å²) in [4.78, 5) is 0. The van der Waals surface area contributed by atoms with Crippen LogP contribution >= 0.6 is 0 Å². The summed E-state index contributed by atoms with van der Waals surface area (Å²) in [6, 6.07) is 0. The van der Waals surface area contributed by atoms with E-state index in [1.54, 1.807) is 0 Å². The Morgan fingerprint density at radius 3 is 1.67 bits per heavy atom. The molecule has 4 N–H and O–H groups in total. The Morgan fingerprint density at radius 2 is 1.67 bits per heavy atom. The van der Waals surface area contributed by atoms with Crippen molar-refractivity contribution in [1.82, 2.24) is 0 Å². The van der Waals surface area contributed by atoms with Gasteiger partial charge in [-0.1, -0.05) is 6.92 Å². The molecule has 0 heterocycles. The molecule has 6 heavy (non-hydrogen) atoms. The molecule has 2 nitrogen and oxygen atoms in total. The van der Waals surface area contributed by atoms with Gasteiger partial charge < -0.3 is 11.5 Å². The summed E-state index contributed by atoms with van der Waals surface area (Å²) in [7, 11) is 0. The van der Waals surface area contributed by atoms with E-state index in [0.717, 1.165) is 6.42 Å². The molecule has 0 bridgehead atoms. The van der Waals surface area contributed by atoms with Crippen LogP contribution in [0.3, 0.4) is 0 Å². The van der Waals surface area contributed by atoms with Crippen LogP contribution in [0.15, 0.2) is 0 Å². The van der Waals surface area contributed by atoms with Gasteiger partial charge in [-0.3, -0.25) is 0 Å². The zero-order valence-electron chi connectivity index (χ0n) is 4.44. The summed E-state index contributed by atoms with van der Waals surface area (Å²) in [6.07, 6.45) is 0.745. The van der Waals surface area contributed by atoms with E-state index in [4.69, 9.17) is 11.5 Å². The first-order valence-electron chi connectivity index (χ1n) is 1.78. The molecule has 33 valence electrons. The third-order valence-electron chi connectivity index (χ3n) is 0.471. The van der Waals surface area contributed by atoms with E-state index in [2.05, 4.69) is 0 Å². The molecule has 1 radical (unpaired) electrons. The van der Waals surface area contributed by atoms with Crippen LogP contribution in [0, 0.1) is 0 Å². The van der Waals surface area contributed by atoms with Crippen LogP contribution in [0.5, 0.6) is 0 Å². The Labute approximate surface area is 60.6 Å². The first-order chi connectivity index (χ1) is 2.27. The van der Waals surface area contributed by atoms with Crippen molar-refractivity contribution >= 4 is 29.6 Å². The zero-order chi connectivity index (χ0) is 4.28. The molecule has 0 saturated carbocycles. The fourth-order valence-corrected chi connectivity index (χ4v) is 0. The molecular weight excluding hydrogens is 87.0 g/mol. The van der Waals surface area contributed by atoms with E-state index < -0.39 is 0 Å². The van der Waals surface area contributed by atoms with Crippen molar-refractivity contribution in [1.29, 1.82) is 0 Å². The van der Waals surface area contributed by atoms with E-state index >= 15 is 0 Å². The number of hydrogen-bond acceptors (Lipinski definition) is 2. The van der Waals surface area contributed by atoms with Crippen molar-refractivity contribution in [3.05, 3.63) is 0 Å². The molecule has 0 aromatic heterocycles. The fraction of sp³-hybridized carbons (Fsp3) is 1.00. The van der Waals surface area contributed by atoms with Gasteiger partial charge in [0, 0.05) is 29.6 Å². The van der Waals surface area contributed by atoms with Crippen molar-refractivity contribution < 1.29 is 0 Å². The van der Waals surface area contributed by atoms with Crippen LogP contribution in [0.4, 0.5) is 0 Å². The van der Waals surface area contributed by atoms with Crippen molar-refractivity contribution in [3.63, 3.8) is 0 Å². The molecule has 0 aliphatic carbocycles. The molecule has 0 saturated heterocycles. The molecular formula is C3H10N2Na. The summed E-state index contributed by atoms with van der Waals surface area (Å²) in [5.41, 5.74) is 10.1. The second-order valence-corrected chi connectivity index (χ2v) is 1.07. The maximum atomic E-state index is 5.07. The van der Waals surface area contributed by atoms with Crippen LogP contribution in [0.2, 0.25) is 0 Å². The van der Waals surface area contributed by atoms with Crippen molar-refractivity contribution in [3.8, 4) is 0 Å². The maximum Gasteiger partial charge on any atom is 0.0518 e. The van der Waals surface area contributed by atoms with Crippen molar-refractivity contribution in [2.45, 2.75) is 19.5 Å². The van der Waals surface area contributed by atoms with Gasteiger partial charge in [0.1, 0.15) is 0 Å². The fourth-order valence-electron chi connectivity index (χ4n) is 0. The van der Waals surface area contributed by atoms with E-state index in [9.17, 15) is 0 Å². The largest absolute Gasteiger partial charge is 0.316 e. The van der Waals surface area contributed by atoms with Gasteiger partial charge in [0.25, 0.3) is 0 Å². The Kier molecular flexibility index (Phi) is 9.89. The summed E-state index contributed by atoms with van der Waals surface area (Å²) < 4.78 is 0. The molecule has 0 spiro atoms. The third-order valence-corrected chi connectivity index (χ3v) is 0.471. The van der Waals surface area contributed by atoms with Gasteiger partial charge in [-0.25, -0.2) is 0 Å². The average molecular weight is 97.1 g/mol. The minimum absolute atomic E-state index is 0. The summed E-state index contributed by atoms with van der Waals surface area (Å²) in [5.74, 6) is 0. The topological polar surface area (TPSA) is 52.0 Å². The second kappa shape index (κ2) is 5.92. The SMILES string of the molecule is CCC(N)N.[Na]. The molecule has 0 aromatic rings. The molecule has 0 unspecified atom stereocenters. The standard InChI is InChI=1S/C3H10N2.Na/c1-2-3(4)5;/h3H,2,4-5H2,1H3;. The number of hydrogen-bond donors (Lipinski definition) is 2. The maximum absolute atomic E-state index is 5.07. The van der Waals surface area contributed by atoms with Crippen molar-refractivity contribution in [2.75, 3.05) is 0 Å². The van der Waals surface area contributed by atoms with Crippen LogP contribution in [0.25, 0.3) is 0 Å². The summed E-state index contributed by atoms with van der Waals surface area (Å²) >= 11 is 0. The average Bonchev–Trinajstić information content (AvgIpc) is 1.38. The molecule has 0 amide bonds. The predicted octanol–water partition coefficient (Wildman–Crippen LogP) is -0.741. The zero-order valence-corrected chi connectivity index (χ0v) is 6.44. The molecule has 0 rings (SSSR count). The van der Waals surface area contributed by atoms with Gasteiger partial charge in [0.15, 0.2) is 0 Å². The number of nitrogens with two attached hydrogens (primary N) is 2. The van der Waals surface area contributed by atoms with E-state index in [0.29, 0.717) is 0 Å². The molecule has 0 aliphatic heterocycles. The molecule has 0 aliphatic rings. The van der Waals surface area contributed by atoms with Gasteiger partial charge >= 0.3 is 0 Å². The van der Waals surface area contributed by atoms with Gasteiger partial charge in [-0.2, -0.15) is 0 Å². The molecule has 0 aromatic carbocycles. The molecule has 0 atom stereocenters. The van der Waals surface area contributed by atoms with Crippen LogP contribution in [-0.4, -0.2) is 35.7 Å².